The van der Waals surface area contributed by atoms with Gasteiger partial charge >= 0.3 is 0 Å². The van der Waals surface area contributed by atoms with Gasteiger partial charge < -0.3 is 10.0 Å². The van der Waals surface area contributed by atoms with Gasteiger partial charge in [-0.25, -0.2) is 0 Å². The number of nitrogens with zero attached hydrogens (tertiary/aromatic N) is 1. The van der Waals surface area contributed by atoms with Gasteiger partial charge in [0, 0.05) is 19.2 Å². The van der Waals surface area contributed by atoms with Crippen LogP contribution in [0.5, 0.6) is 0 Å². The molecule has 1 aliphatic rings. The monoisotopic (exact) mass is 287 g/mol. The maximum absolute atomic E-state index is 12.3. The lowest BCUT2D eigenvalue weighted by atomic mass is 10.1. The fourth-order valence-electron chi connectivity index (χ4n) is 2.53. The number of hydrogen-bond donors (Lipinski definition) is 1. The van der Waals surface area contributed by atoms with Gasteiger partial charge in [0.2, 0.25) is 0 Å². The van der Waals surface area contributed by atoms with Crippen molar-refractivity contribution in [1.82, 2.24) is 4.90 Å². The molecule has 0 spiro atoms. The van der Waals surface area contributed by atoms with Crippen LogP contribution in [0.3, 0.4) is 0 Å². The number of aliphatic hydroxyl groups is 1. The number of rotatable bonds is 4. The van der Waals surface area contributed by atoms with Crippen LogP contribution < -0.4 is 0 Å². The molecule has 1 amide bonds. The molecule has 1 unspecified atom stereocenters. The molecule has 2 rings (SSSR count). The Morgan fingerprint density at radius 3 is 2.60 bits per heavy atom. The molecule has 4 heteroatoms. The molecule has 1 aliphatic heterocycles. The first-order valence-electron chi connectivity index (χ1n) is 6.79. The van der Waals surface area contributed by atoms with Gasteiger partial charge in [-0.3, -0.25) is 4.79 Å². The summed E-state index contributed by atoms with van der Waals surface area (Å²) in [4.78, 5) is 13.8. The zero-order chi connectivity index (χ0) is 14.9. The number of aliphatic hydroxyl groups excluding tert-OH is 1. The molecular weight excluding hydrogens is 266 g/mol. The zero-order valence-corrected chi connectivity index (χ0v) is 13.3. The van der Waals surface area contributed by atoms with E-state index in [0.717, 1.165) is 11.6 Å². The van der Waals surface area contributed by atoms with Gasteiger partial charge in [0.05, 0.1) is 6.54 Å². The van der Waals surface area contributed by atoms with E-state index in [-0.39, 0.29) is 5.91 Å². The number of amides is 1. The van der Waals surface area contributed by atoms with Crippen LogP contribution >= 0.6 is 0 Å². The van der Waals surface area contributed by atoms with E-state index in [4.69, 9.17) is 0 Å². The van der Waals surface area contributed by atoms with Crippen molar-refractivity contribution in [3.05, 3.63) is 53.3 Å². The standard InChI is InChI=1S/C16H21NO2Si/c1-5-12(11-20(2,3)4)10-17-15(18)13-8-6-7-9-14(13)16(17)19/h6-9,15,18H,1,10-11H2,2-4H3. The van der Waals surface area contributed by atoms with Gasteiger partial charge in [-0.05, 0) is 17.7 Å². The minimum absolute atomic E-state index is 0.114. The Hall–Kier alpha value is -1.61. The van der Waals surface area contributed by atoms with Crippen molar-refractivity contribution in [2.75, 3.05) is 6.54 Å². The Morgan fingerprint density at radius 1 is 1.40 bits per heavy atom. The summed E-state index contributed by atoms with van der Waals surface area (Å²) in [5.41, 5.74) is 5.24. The van der Waals surface area contributed by atoms with Gasteiger partial charge in [0.25, 0.3) is 5.91 Å². The topological polar surface area (TPSA) is 40.5 Å². The van der Waals surface area contributed by atoms with Crippen molar-refractivity contribution >= 4 is 14.0 Å². The Labute approximate surface area is 121 Å². The molecule has 0 radical (unpaired) electrons. The minimum Gasteiger partial charge on any atom is -0.369 e. The largest absolute Gasteiger partial charge is 0.369 e. The van der Waals surface area contributed by atoms with Gasteiger partial charge in [0.1, 0.15) is 0 Å². The number of hydrogen-bond acceptors (Lipinski definition) is 2. The van der Waals surface area contributed by atoms with Gasteiger partial charge in [-0.15, -0.1) is 5.73 Å². The second-order valence-corrected chi connectivity index (χ2v) is 11.9. The second kappa shape index (κ2) is 5.41. The van der Waals surface area contributed by atoms with Crippen LogP contribution in [-0.4, -0.2) is 30.5 Å². The molecule has 0 saturated carbocycles. The third-order valence-electron chi connectivity index (χ3n) is 3.38. The molecule has 0 aliphatic carbocycles. The lowest BCUT2D eigenvalue weighted by molar-refractivity contribution is 0.0220. The van der Waals surface area contributed by atoms with Crippen LogP contribution in [0.25, 0.3) is 0 Å². The SMILES string of the molecule is C=C=C(CN1C(=O)c2ccccc2C1O)C[Si](C)(C)C. The first-order valence-corrected chi connectivity index (χ1v) is 10.5. The van der Waals surface area contributed by atoms with Crippen molar-refractivity contribution in [2.45, 2.75) is 31.9 Å². The zero-order valence-electron chi connectivity index (χ0n) is 12.3. The summed E-state index contributed by atoms with van der Waals surface area (Å²) >= 11 is 0. The van der Waals surface area contributed by atoms with Crippen molar-refractivity contribution in [1.29, 1.82) is 0 Å². The number of fused-ring (bicyclic) bond motifs is 1. The van der Waals surface area contributed by atoms with E-state index in [1.54, 1.807) is 12.1 Å². The molecule has 0 aromatic heterocycles. The minimum atomic E-state index is -1.30. The molecule has 20 heavy (non-hydrogen) atoms. The van der Waals surface area contributed by atoms with Crippen LogP contribution in [0, 0.1) is 0 Å². The van der Waals surface area contributed by atoms with E-state index in [9.17, 15) is 9.90 Å². The molecule has 1 aromatic carbocycles. The molecule has 1 heterocycles. The van der Waals surface area contributed by atoms with E-state index < -0.39 is 14.3 Å². The Balaban J connectivity index is 2.20. The molecule has 1 atom stereocenters. The highest BCUT2D eigenvalue weighted by Gasteiger charge is 2.35. The van der Waals surface area contributed by atoms with Gasteiger partial charge in [0.15, 0.2) is 6.23 Å². The fraction of sp³-hybridized carbons (Fsp3) is 0.375. The smallest absolute Gasteiger partial charge is 0.256 e. The predicted octanol–water partition coefficient (Wildman–Crippen LogP) is 3.18. The van der Waals surface area contributed by atoms with E-state index in [2.05, 4.69) is 32.0 Å². The first-order chi connectivity index (χ1) is 9.33. The van der Waals surface area contributed by atoms with E-state index >= 15 is 0 Å². The summed E-state index contributed by atoms with van der Waals surface area (Å²) in [6.07, 6.45) is -0.858. The maximum atomic E-state index is 12.3. The van der Waals surface area contributed by atoms with Crippen LogP contribution in [0.2, 0.25) is 25.7 Å². The summed E-state index contributed by atoms with van der Waals surface area (Å²) in [6, 6.07) is 8.15. The van der Waals surface area contributed by atoms with Crippen molar-refractivity contribution < 1.29 is 9.90 Å². The Morgan fingerprint density at radius 2 is 2.05 bits per heavy atom. The van der Waals surface area contributed by atoms with E-state index in [1.807, 2.05) is 12.1 Å². The van der Waals surface area contributed by atoms with Crippen LogP contribution in [0.1, 0.15) is 22.1 Å². The average Bonchev–Trinajstić information content (AvgIpc) is 2.62. The summed E-state index contributed by atoms with van der Waals surface area (Å²) in [7, 11) is -1.30. The first kappa shape index (κ1) is 14.8. The Bertz CT molecular complexity index is 582. The number of carbonyl (C=O) groups is 1. The van der Waals surface area contributed by atoms with Gasteiger partial charge in [-0.1, -0.05) is 44.4 Å². The maximum Gasteiger partial charge on any atom is 0.256 e. The van der Waals surface area contributed by atoms with Crippen molar-refractivity contribution in [2.24, 2.45) is 0 Å². The second-order valence-electron chi connectivity index (χ2n) is 6.41. The number of benzene rings is 1. The number of carbonyl (C=O) groups excluding carboxylic acids is 1. The quantitative estimate of drug-likeness (QED) is 0.682. The Kier molecular flexibility index (Phi) is 4.00. The molecule has 0 bridgehead atoms. The van der Waals surface area contributed by atoms with E-state index in [0.29, 0.717) is 17.7 Å². The molecule has 0 fully saturated rings. The van der Waals surface area contributed by atoms with Gasteiger partial charge in [-0.2, -0.15) is 0 Å². The summed E-state index contributed by atoms with van der Waals surface area (Å²) in [5, 5.41) is 10.3. The van der Waals surface area contributed by atoms with E-state index in [1.165, 1.54) is 4.90 Å². The normalized spacial score (nSPS) is 17.9. The molecule has 106 valence electrons. The molecule has 3 nitrogen and oxygen atoms in total. The highest BCUT2D eigenvalue weighted by Crippen LogP contribution is 2.32. The summed E-state index contributed by atoms with van der Waals surface area (Å²) in [6.45, 7) is 10.9. The fourth-order valence-corrected chi connectivity index (χ4v) is 4.05. The summed E-state index contributed by atoms with van der Waals surface area (Å²) < 4.78 is 0. The molecule has 1 aromatic rings. The molecular formula is C16H21NO2Si. The average molecular weight is 287 g/mol. The highest BCUT2D eigenvalue weighted by molar-refractivity contribution is 6.76. The van der Waals surface area contributed by atoms with Crippen LogP contribution in [0.15, 0.2) is 42.1 Å². The summed E-state index contributed by atoms with van der Waals surface area (Å²) in [5.74, 6) is -0.114. The third-order valence-corrected chi connectivity index (χ3v) is 4.87. The van der Waals surface area contributed by atoms with Crippen LogP contribution in [0.4, 0.5) is 0 Å². The third kappa shape index (κ3) is 2.93. The van der Waals surface area contributed by atoms with Crippen LogP contribution in [-0.2, 0) is 0 Å². The highest BCUT2D eigenvalue weighted by atomic mass is 28.3. The van der Waals surface area contributed by atoms with Crippen molar-refractivity contribution in [3.63, 3.8) is 0 Å². The lowest BCUT2D eigenvalue weighted by Crippen LogP contribution is -2.32. The predicted molar refractivity (Wildman–Crippen MR) is 83.2 cm³/mol. The molecule has 1 N–H and O–H groups in total. The lowest BCUT2D eigenvalue weighted by Gasteiger charge is -2.24. The molecule has 0 saturated heterocycles. The van der Waals surface area contributed by atoms with Crippen molar-refractivity contribution in [3.8, 4) is 0 Å².